The molecule has 1 heterocycles. The number of halogens is 1. The molecule has 0 atom stereocenters. The van der Waals surface area contributed by atoms with Crippen LogP contribution in [0.1, 0.15) is 0 Å². The standard InChI is InChI=1S/C10H11N3O2.ClH/c1-13-9(10(11)15-12-13)7-4-3-5-8(6-7)14-2;/h3-6,11H,1-2H3;1H. The molecule has 0 aliphatic carbocycles. The third-order valence-electron chi connectivity index (χ3n) is 2.14. The number of benzene rings is 1. The van der Waals surface area contributed by atoms with Gasteiger partial charge in [-0.05, 0) is 18.2 Å². The SMILES string of the molecule is COc1cccc(-c2c(=N)o[n-][n+]2C)c1.Cl. The van der Waals surface area contributed by atoms with E-state index in [-0.39, 0.29) is 18.0 Å². The fourth-order valence-electron chi connectivity index (χ4n) is 1.42. The fourth-order valence-corrected chi connectivity index (χ4v) is 1.42. The Bertz CT molecular complexity index is 533. The first-order valence-electron chi connectivity index (χ1n) is 4.44. The van der Waals surface area contributed by atoms with Gasteiger partial charge in [-0.25, -0.2) is 4.68 Å². The van der Waals surface area contributed by atoms with Crippen LogP contribution < -0.4 is 20.2 Å². The van der Waals surface area contributed by atoms with Crippen molar-refractivity contribution in [3.05, 3.63) is 29.8 Å². The summed E-state index contributed by atoms with van der Waals surface area (Å²) in [6.07, 6.45) is 0. The van der Waals surface area contributed by atoms with E-state index in [0.717, 1.165) is 11.3 Å². The molecule has 5 nitrogen and oxygen atoms in total. The molecule has 86 valence electrons. The van der Waals surface area contributed by atoms with Crippen molar-refractivity contribution < 1.29 is 13.9 Å². The number of aromatic nitrogens is 2. The van der Waals surface area contributed by atoms with E-state index in [0.29, 0.717) is 5.69 Å². The second-order valence-corrected chi connectivity index (χ2v) is 3.11. The van der Waals surface area contributed by atoms with Crippen LogP contribution in [0.4, 0.5) is 0 Å². The van der Waals surface area contributed by atoms with Gasteiger partial charge in [0.15, 0.2) is 0 Å². The first kappa shape index (κ1) is 12.3. The van der Waals surface area contributed by atoms with E-state index in [1.165, 1.54) is 4.68 Å². The Balaban J connectivity index is 0.00000128. The van der Waals surface area contributed by atoms with Crippen LogP contribution in [0.3, 0.4) is 0 Å². The first-order valence-corrected chi connectivity index (χ1v) is 4.44. The molecule has 0 aliphatic heterocycles. The Kier molecular flexibility index (Phi) is 3.73. The minimum absolute atomic E-state index is 0. The summed E-state index contributed by atoms with van der Waals surface area (Å²) >= 11 is 0. The van der Waals surface area contributed by atoms with Gasteiger partial charge in [-0.1, -0.05) is 6.07 Å². The Morgan fingerprint density at radius 1 is 1.44 bits per heavy atom. The Labute approximate surface area is 98.5 Å². The van der Waals surface area contributed by atoms with Gasteiger partial charge in [0.1, 0.15) is 12.8 Å². The van der Waals surface area contributed by atoms with E-state index in [2.05, 4.69) is 5.27 Å². The average molecular weight is 242 g/mol. The molecule has 0 bridgehead atoms. The van der Waals surface area contributed by atoms with Crippen LogP contribution in [0.5, 0.6) is 5.75 Å². The maximum absolute atomic E-state index is 7.57. The summed E-state index contributed by atoms with van der Waals surface area (Å²) in [5, 5.41) is 11.2. The summed E-state index contributed by atoms with van der Waals surface area (Å²) in [7, 11) is 3.34. The number of aryl methyl sites for hydroxylation is 1. The lowest BCUT2D eigenvalue weighted by Crippen LogP contribution is -2.35. The van der Waals surface area contributed by atoms with Crippen molar-refractivity contribution in [1.29, 1.82) is 5.41 Å². The second-order valence-electron chi connectivity index (χ2n) is 3.11. The molecular weight excluding hydrogens is 230 g/mol. The molecular formula is C10H12ClN3O2. The second kappa shape index (κ2) is 4.85. The number of rotatable bonds is 2. The van der Waals surface area contributed by atoms with E-state index >= 15 is 0 Å². The Morgan fingerprint density at radius 2 is 2.19 bits per heavy atom. The molecule has 6 heteroatoms. The fraction of sp³-hybridized carbons (Fsp3) is 0.200. The molecule has 0 aliphatic rings. The highest BCUT2D eigenvalue weighted by Crippen LogP contribution is 2.18. The van der Waals surface area contributed by atoms with E-state index < -0.39 is 0 Å². The lowest BCUT2D eigenvalue weighted by atomic mass is 10.1. The number of nitrogens with zero attached hydrogens (tertiary/aromatic N) is 2. The molecule has 0 amide bonds. The van der Waals surface area contributed by atoms with E-state index in [4.69, 9.17) is 14.7 Å². The Hall–Kier alpha value is -1.75. The van der Waals surface area contributed by atoms with Crippen LogP contribution in [0.15, 0.2) is 28.8 Å². The largest absolute Gasteiger partial charge is 0.497 e. The van der Waals surface area contributed by atoms with Gasteiger partial charge in [-0.3, -0.25) is 10.7 Å². The summed E-state index contributed by atoms with van der Waals surface area (Å²) in [6.45, 7) is 0. The lowest BCUT2D eigenvalue weighted by Gasteiger charge is -2.00. The molecule has 1 aromatic heterocycles. The Morgan fingerprint density at radius 3 is 2.75 bits per heavy atom. The smallest absolute Gasteiger partial charge is 0.273 e. The zero-order valence-electron chi connectivity index (χ0n) is 8.93. The summed E-state index contributed by atoms with van der Waals surface area (Å²) in [6, 6.07) is 7.43. The van der Waals surface area contributed by atoms with Crippen molar-refractivity contribution in [2.75, 3.05) is 7.11 Å². The molecule has 0 unspecified atom stereocenters. The summed E-state index contributed by atoms with van der Waals surface area (Å²) < 4.78 is 11.4. The molecule has 2 aromatic rings. The number of ether oxygens (including phenoxy) is 1. The van der Waals surface area contributed by atoms with Crippen LogP contribution in [-0.2, 0) is 7.05 Å². The summed E-state index contributed by atoms with van der Waals surface area (Å²) in [5.41, 5.74) is 1.53. The van der Waals surface area contributed by atoms with Gasteiger partial charge in [0.25, 0.3) is 11.2 Å². The van der Waals surface area contributed by atoms with E-state index in [9.17, 15) is 0 Å². The third kappa shape index (κ3) is 2.09. The van der Waals surface area contributed by atoms with Crippen LogP contribution in [0.25, 0.3) is 11.3 Å². The molecule has 0 spiro atoms. The van der Waals surface area contributed by atoms with Crippen LogP contribution in [0.2, 0.25) is 0 Å². The molecule has 2 rings (SSSR count). The predicted molar refractivity (Wildman–Crippen MR) is 58.3 cm³/mol. The maximum Gasteiger partial charge on any atom is 0.273 e. The highest BCUT2D eigenvalue weighted by atomic mass is 35.5. The minimum Gasteiger partial charge on any atom is -0.497 e. The van der Waals surface area contributed by atoms with Gasteiger partial charge < -0.3 is 9.26 Å². The van der Waals surface area contributed by atoms with Crippen molar-refractivity contribution in [3.63, 3.8) is 0 Å². The van der Waals surface area contributed by atoms with Gasteiger partial charge in [-0.15, -0.1) is 12.4 Å². The normalized spacial score (nSPS) is 9.62. The van der Waals surface area contributed by atoms with Gasteiger partial charge >= 0.3 is 0 Å². The third-order valence-corrected chi connectivity index (χ3v) is 2.14. The molecule has 1 N–H and O–H groups in total. The minimum atomic E-state index is 0. The zero-order chi connectivity index (χ0) is 10.8. The lowest BCUT2D eigenvalue weighted by molar-refractivity contribution is -0.735. The molecule has 0 fully saturated rings. The van der Waals surface area contributed by atoms with Crippen molar-refractivity contribution in [2.45, 2.75) is 0 Å². The number of hydrogen-bond donors (Lipinski definition) is 1. The van der Waals surface area contributed by atoms with Crippen LogP contribution in [0, 0.1) is 5.41 Å². The zero-order valence-corrected chi connectivity index (χ0v) is 9.75. The van der Waals surface area contributed by atoms with Crippen molar-refractivity contribution >= 4 is 12.4 Å². The van der Waals surface area contributed by atoms with Crippen LogP contribution in [-0.4, -0.2) is 7.11 Å². The number of hydrogen-bond acceptors (Lipinski definition) is 3. The van der Waals surface area contributed by atoms with Gasteiger partial charge in [-0.2, -0.15) is 0 Å². The molecule has 0 radical (unpaired) electrons. The number of methoxy groups -OCH3 is 1. The highest BCUT2D eigenvalue weighted by Gasteiger charge is 2.12. The molecule has 0 saturated heterocycles. The first-order chi connectivity index (χ1) is 7.22. The van der Waals surface area contributed by atoms with Gasteiger partial charge in [0, 0.05) is 0 Å². The molecule has 16 heavy (non-hydrogen) atoms. The van der Waals surface area contributed by atoms with Crippen molar-refractivity contribution in [1.82, 2.24) is 5.27 Å². The average Bonchev–Trinajstić information content (AvgIpc) is 2.59. The molecule has 1 aromatic carbocycles. The maximum atomic E-state index is 7.57. The summed E-state index contributed by atoms with van der Waals surface area (Å²) in [4.78, 5) is 0. The quantitative estimate of drug-likeness (QED) is 0.785. The van der Waals surface area contributed by atoms with Gasteiger partial charge in [0.05, 0.1) is 12.7 Å². The van der Waals surface area contributed by atoms with Crippen molar-refractivity contribution in [3.8, 4) is 17.0 Å². The highest BCUT2D eigenvalue weighted by molar-refractivity contribution is 5.85. The topological polar surface area (TPSA) is 64.2 Å². The van der Waals surface area contributed by atoms with Crippen molar-refractivity contribution in [2.24, 2.45) is 7.05 Å². The summed E-state index contributed by atoms with van der Waals surface area (Å²) in [5.74, 6) is 0.744. The van der Waals surface area contributed by atoms with Crippen LogP contribution >= 0.6 is 12.4 Å². The number of nitrogens with one attached hydrogen (secondary N) is 1. The monoisotopic (exact) mass is 241 g/mol. The van der Waals surface area contributed by atoms with Gasteiger partial charge in [0.2, 0.25) is 0 Å². The predicted octanol–water partition coefficient (Wildman–Crippen LogP) is 0.638. The van der Waals surface area contributed by atoms with E-state index in [1.807, 2.05) is 24.3 Å². The molecule has 0 saturated carbocycles. The van der Waals surface area contributed by atoms with E-state index in [1.54, 1.807) is 14.2 Å².